The molecule has 0 aliphatic heterocycles. The summed E-state index contributed by atoms with van der Waals surface area (Å²) in [6.07, 6.45) is -2.83. The molecule has 0 fully saturated rings. The van der Waals surface area contributed by atoms with Crippen LogP contribution in [0.4, 0.5) is 0 Å². The predicted molar refractivity (Wildman–Crippen MR) is 60.6 cm³/mol. The van der Waals surface area contributed by atoms with Gasteiger partial charge in [0.05, 0.1) is 20.0 Å². The number of methoxy groups -OCH3 is 1. The highest BCUT2D eigenvalue weighted by Crippen LogP contribution is 2.12. The van der Waals surface area contributed by atoms with E-state index in [0.29, 0.717) is 13.0 Å². The summed E-state index contributed by atoms with van der Waals surface area (Å²) in [5, 5.41) is 18.6. The van der Waals surface area contributed by atoms with Gasteiger partial charge in [-0.3, -0.25) is 0 Å². The lowest BCUT2D eigenvalue weighted by atomic mass is 10.1. The van der Waals surface area contributed by atoms with E-state index in [1.807, 2.05) is 0 Å². The summed E-state index contributed by atoms with van der Waals surface area (Å²) >= 11 is 0. The first-order valence-corrected chi connectivity index (χ1v) is 4.73. The van der Waals surface area contributed by atoms with E-state index in [-0.39, 0.29) is 5.75 Å². The summed E-state index contributed by atoms with van der Waals surface area (Å²) in [6, 6.07) is 6.15. The zero-order valence-corrected chi connectivity index (χ0v) is 8.93. The molecule has 0 amide bonds. The molecule has 4 nitrogen and oxygen atoms in total. The van der Waals surface area contributed by atoms with Crippen LogP contribution in [0.3, 0.4) is 0 Å². The van der Waals surface area contributed by atoms with Crippen molar-refractivity contribution in [3.63, 3.8) is 0 Å². The molecule has 16 heavy (non-hydrogen) atoms. The Morgan fingerprint density at radius 2 is 2.12 bits per heavy atom. The van der Waals surface area contributed by atoms with Crippen LogP contribution >= 0.6 is 0 Å². The van der Waals surface area contributed by atoms with Crippen LogP contribution < -0.4 is 4.74 Å². The molecule has 0 spiro atoms. The first kappa shape index (κ1) is 7.27. The predicted octanol–water partition coefficient (Wildman–Crippen LogP) is 0.607. The van der Waals surface area contributed by atoms with Gasteiger partial charge < -0.3 is 19.7 Å². The summed E-state index contributed by atoms with van der Waals surface area (Å²) in [5.74, 6) is -0.00362. The fourth-order valence-electron chi connectivity index (χ4n) is 1.07. The lowest BCUT2D eigenvalue weighted by Gasteiger charge is -2.10. The van der Waals surface area contributed by atoms with E-state index in [4.69, 9.17) is 21.4 Å². The molecule has 1 atom stereocenters. The first-order chi connectivity index (χ1) is 9.51. The molecule has 0 aromatic heterocycles. The van der Waals surface area contributed by atoms with Crippen molar-refractivity contribution in [2.45, 2.75) is 12.5 Å². The summed E-state index contributed by atoms with van der Waals surface area (Å²) in [5.41, 5.74) is 0.920. The molecule has 4 heteroatoms. The van der Waals surface area contributed by atoms with Gasteiger partial charge in [-0.25, -0.2) is 0 Å². The molecule has 0 aliphatic rings. The van der Waals surface area contributed by atoms with Crippen molar-refractivity contribution in [2.24, 2.45) is 0 Å². The fourth-order valence-corrected chi connectivity index (χ4v) is 1.07. The summed E-state index contributed by atoms with van der Waals surface area (Å²) in [4.78, 5) is 0. The zero-order chi connectivity index (χ0) is 16.3. The van der Waals surface area contributed by atoms with Gasteiger partial charge in [-0.2, -0.15) is 0 Å². The van der Waals surface area contributed by atoms with E-state index in [1.54, 1.807) is 19.2 Å². The SMILES string of the molecule is [2H]C([2H])(O)C([2H])(O)C([2H])([2H])Oc1ccc(CCOC)cc1. The zero-order valence-electron chi connectivity index (χ0n) is 13.9. The molecule has 1 aromatic rings. The molecule has 0 saturated heterocycles. The molecule has 0 saturated carbocycles. The highest BCUT2D eigenvalue weighted by Gasteiger charge is 2.02. The normalized spacial score (nSPS) is 20.8. The number of hydrogen-bond donors (Lipinski definition) is 2. The molecule has 0 bridgehead atoms. The minimum absolute atomic E-state index is 0.00362. The number of rotatable bonds is 7. The van der Waals surface area contributed by atoms with E-state index in [0.717, 1.165) is 5.56 Å². The second-order valence-corrected chi connectivity index (χ2v) is 3.05. The number of benzene rings is 1. The van der Waals surface area contributed by atoms with Crippen LogP contribution in [0.5, 0.6) is 5.75 Å². The smallest absolute Gasteiger partial charge is 0.119 e. The van der Waals surface area contributed by atoms with E-state index in [2.05, 4.69) is 0 Å². The number of ether oxygens (including phenoxy) is 2. The Morgan fingerprint density at radius 1 is 1.44 bits per heavy atom. The highest BCUT2D eigenvalue weighted by molar-refractivity contribution is 5.27. The maximum atomic E-state index is 9.54. The molecule has 0 heterocycles. The van der Waals surface area contributed by atoms with Crippen molar-refractivity contribution >= 4 is 0 Å². The fraction of sp³-hybridized carbons (Fsp3) is 0.500. The lowest BCUT2D eigenvalue weighted by Crippen LogP contribution is -2.21. The van der Waals surface area contributed by atoms with Crippen molar-refractivity contribution < 1.29 is 26.5 Å². The molecular weight excluding hydrogens is 208 g/mol. The third-order valence-electron chi connectivity index (χ3n) is 1.89. The third kappa shape index (κ3) is 4.61. The van der Waals surface area contributed by atoms with Crippen molar-refractivity contribution in [1.29, 1.82) is 0 Å². The van der Waals surface area contributed by atoms with Gasteiger partial charge in [-0.05, 0) is 24.1 Å². The molecule has 1 aromatic carbocycles. The summed E-state index contributed by atoms with van der Waals surface area (Å²) < 4.78 is 45.8. The van der Waals surface area contributed by atoms with Crippen LogP contribution in [0.2, 0.25) is 0 Å². The molecule has 1 rings (SSSR count). The average Bonchev–Trinajstić information content (AvgIpc) is 2.36. The van der Waals surface area contributed by atoms with E-state index < -0.39 is 19.2 Å². The van der Waals surface area contributed by atoms with Gasteiger partial charge in [0.25, 0.3) is 0 Å². The molecule has 1 unspecified atom stereocenters. The quantitative estimate of drug-likeness (QED) is 0.722. The second-order valence-electron chi connectivity index (χ2n) is 3.05. The second kappa shape index (κ2) is 7.22. The van der Waals surface area contributed by atoms with Crippen LogP contribution in [0, 0.1) is 0 Å². The molecular formula is C12H18O4. The van der Waals surface area contributed by atoms with Crippen molar-refractivity contribution in [2.75, 3.05) is 26.8 Å². The van der Waals surface area contributed by atoms with Crippen molar-refractivity contribution in [3.05, 3.63) is 29.8 Å². The Bertz CT molecular complexity index is 456. The van der Waals surface area contributed by atoms with Gasteiger partial charge >= 0.3 is 0 Å². The monoisotopic (exact) mass is 231 g/mol. The van der Waals surface area contributed by atoms with Crippen LogP contribution in [0.1, 0.15) is 12.4 Å². The van der Waals surface area contributed by atoms with Crippen LogP contribution in [0.15, 0.2) is 24.3 Å². The van der Waals surface area contributed by atoms with Gasteiger partial charge in [-0.1, -0.05) is 12.1 Å². The van der Waals surface area contributed by atoms with Gasteiger partial charge in [0, 0.05) is 7.11 Å². The van der Waals surface area contributed by atoms with Crippen molar-refractivity contribution in [1.82, 2.24) is 0 Å². The van der Waals surface area contributed by atoms with Gasteiger partial charge in [-0.15, -0.1) is 0 Å². The van der Waals surface area contributed by atoms with Gasteiger partial charge in [0.2, 0.25) is 0 Å². The average molecular weight is 231 g/mol. The van der Waals surface area contributed by atoms with E-state index >= 15 is 0 Å². The molecule has 90 valence electrons. The number of hydrogen-bond acceptors (Lipinski definition) is 4. The van der Waals surface area contributed by atoms with E-state index in [9.17, 15) is 5.11 Å². The molecule has 0 aliphatic carbocycles. The van der Waals surface area contributed by atoms with Gasteiger partial charge in [0.1, 0.15) is 18.4 Å². The van der Waals surface area contributed by atoms with E-state index in [1.165, 1.54) is 12.1 Å². The maximum Gasteiger partial charge on any atom is 0.119 e. The summed E-state index contributed by atoms with van der Waals surface area (Å²) in [6.45, 7) is -6.12. The largest absolute Gasteiger partial charge is 0.491 e. The first-order valence-electron chi connectivity index (χ1n) is 7.23. The Labute approximate surface area is 102 Å². The minimum Gasteiger partial charge on any atom is -0.491 e. The molecule has 0 radical (unpaired) electrons. The topological polar surface area (TPSA) is 58.9 Å². The van der Waals surface area contributed by atoms with Crippen LogP contribution in [0.25, 0.3) is 0 Å². The lowest BCUT2D eigenvalue weighted by molar-refractivity contribution is 0.0536. The van der Waals surface area contributed by atoms with Crippen LogP contribution in [-0.4, -0.2) is 43.1 Å². The highest BCUT2D eigenvalue weighted by atomic mass is 16.5. The maximum absolute atomic E-state index is 9.54. The Balaban J connectivity index is 2.84. The third-order valence-corrected chi connectivity index (χ3v) is 1.89. The number of aliphatic hydroxyl groups is 2. The van der Waals surface area contributed by atoms with Crippen molar-refractivity contribution in [3.8, 4) is 5.75 Å². The van der Waals surface area contributed by atoms with Crippen LogP contribution in [-0.2, 0) is 11.2 Å². The standard InChI is InChI=1S/C12H18O4/c1-15-7-6-10-2-4-12(5-3-10)16-9-11(14)8-13/h2-5,11,13-14H,6-9H2,1H3/i8D2,9D2,11D. The van der Waals surface area contributed by atoms with Gasteiger partial charge in [0.15, 0.2) is 0 Å². The Morgan fingerprint density at radius 3 is 2.69 bits per heavy atom. The Kier molecular flexibility index (Phi) is 3.28. The minimum atomic E-state index is -3.49. The Hall–Kier alpha value is -1.10. The molecule has 2 N–H and O–H groups in total. The summed E-state index contributed by atoms with van der Waals surface area (Å²) in [7, 11) is 1.57.